The number of para-hydroxylation sites is 1. The SMILES string of the molecule is Cc1ccc(S(=O)(=O)n2c(C(=O)c3ccc(Br)cc3)c(N)c3ccccc32)cc1. The third-order valence-electron chi connectivity index (χ3n) is 4.75. The summed E-state index contributed by atoms with van der Waals surface area (Å²) in [6.45, 7) is 1.88. The number of ketones is 1. The normalized spacial score (nSPS) is 11.7. The van der Waals surface area contributed by atoms with Gasteiger partial charge >= 0.3 is 0 Å². The van der Waals surface area contributed by atoms with Crippen molar-refractivity contribution in [2.45, 2.75) is 11.8 Å². The zero-order chi connectivity index (χ0) is 20.8. The molecule has 7 heteroatoms. The molecule has 0 aliphatic carbocycles. The number of carbonyl (C=O) groups is 1. The van der Waals surface area contributed by atoms with Crippen LogP contribution in [0.15, 0.2) is 82.2 Å². The summed E-state index contributed by atoms with van der Waals surface area (Å²) in [6.07, 6.45) is 0. The second-order valence-corrected chi connectivity index (χ2v) is 9.40. The van der Waals surface area contributed by atoms with Crippen LogP contribution in [0.1, 0.15) is 21.6 Å². The van der Waals surface area contributed by atoms with Crippen LogP contribution in [-0.2, 0) is 10.0 Å². The summed E-state index contributed by atoms with van der Waals surface area (Å²) in [5.41, 5.74) is 8.03. The fourth-order valence-corrected chi connectivity index (χ4v) is 5.05. The summed E-state index contributed by atoms with van der Waals surface area (Å²) in [4.78, 5) is 13.4. The fourth-order valence-electron chi connectivity index (χ4n) is 3.25. The van der Waals surface area contributed by atoms with Crippen LogP contribution in [0.5, 0.6) is 0 Å². The lowest BCUT2D eigenvalue weighted by molar-refractivity contribution is 0.103. The second-order valence-electron chi connectivity index (χ2n) is 6.70. The Hall–Kier alpha value is -2.90. The third kappa shape index (κ3) is 3.26. The number of nitrogens with zero attached hydrogens (tertiary/aromatic N) is 1. The molecule has 1 heterocycles. The highest BCUT2D eigenvalue weighted by Crippen LogP contribution is 2.34. The van der Waals surface area contributed by atoms with E-state index in [1.54, 1.807) is 60.7 Å². The molecule has 0 spiro atoms. The molecule has 0 aliphatic heterocycles. The molecule has 0 radical (unpaired) electrons. The van der Waals surface area contributed by atoms with Gasteiger partial charge in [0.1, 0.15) is 5.69 Å². The molecule has 5 nitrogen and oxygen atoms in total. The average molecular weight is 469 g/mol. The lowest BCUT2D eigenvalue weighted by Gasteiger charge is -2.12. The lowest BCUT2D eigenvalue weighted by Crippen LogP contribution is -2.20. The lowest BCUT2D eigenvalue weighted by atomic mass is 10.1. The number of carbonyl (C=O) groups excluding carboxylic acids is 1. The number of aryl methyl sites for hydroxylation is 1. The van der Waals surface area contributed by atoms with Crippen LogP contribution < -0.4 is 5.73 Å². The van der Waals surface area contributed by atoms with Gasteiger partial charge in [0, 0.05) is 15.4 Å². The van der Waals surface area contributed by atoms with Gasteiger partial charge in [0.15, 0.2) is 0 Å². The fraction of sp³-hybridized carbons (Fsp3) is 0.0455. The number of rotatable bonds is 4. The molecule has 0 bridgehead atoms. The van der Waals surface area contributed by atoms with Crippen molar-refractivity contribution in [2.24, 2.45) is 0 Å². The van der Waals surface area contributed by atoms with E-state index in [0.717, 1.165) is 14.0 Å². The summed E-state index contributed by atoms with van der Waals surface area (Å²) >= 11 is 3.34. The number of fused-ring (bicyclic) bond motifs is 1. The van der Waals surface area contributed by atoms with Gasteiger partial charge in [-0.1, -0.05) is 51.8 Å². The Bertz CT molecular complexity index is 1340. The number of hydrogen-bond acceptors (Lipinski definition) is 4. The van der Waals surface area contributed by atoms with Crippen molar-refractivity contribution in [1.82, 2.24) is 3.97 Å². The van der Waals surface area contributed by atoms with Gasteiger partial charge in [-0.3, -0.25) is 4.79 Å². The molecule has 29 heavy (non-hydrogen) atoms. The molecule has 0 fully saturated rings. The first-order chi connectivity index (χ1) is 13.8. The summed E-state index contributed by atoms with van der Waals surface area (Å²) < 4.78 is 28.9. The van der Waals surface area contributed by atoms with Gasteiger partial charge in [-0.05, 0) is 49.4 Å². The van der Waals surface area contributed by atoms with Crippen molar-refractivity contribution in [3.8, 4) is 0 Å². The van der Waals surface area contributed by atoms with Crippen LogP contribution in [0.3, 0.4) is 0 Å². The Labute approximate surface area is 177 Å². The van der Waals surface area contributed by atoms with Crippen molar-refractivity contribution in [3.05, 3.63) is 94.1 Å². The minimum atomic E-state index is -4.05. The van der Waals surface area contributed by atoms with Crippen LogP contribution in [0.25, 0.3) is 10.9 Å². The number of nitrogen functional groups attached to an aromatic ring is 1. The molecular formula is C22H17BrN2O3S. The first-order valence-corrected chi connectivity index (χ1v) is 11.1. The van der Waals surface area contributed by atoms with E-state index in [2.05, 4.69) is 15.9 Å². The molecule has 0 aliphatic rings. The number of benzene rings is 3. The zero-order valence-corrected chi connectivity index (χ0v) is 17.9. The molecule has 0 atom stereocenters. The number of halogens is 1. The maximum Gasteiger partial charge on any atom is 0.268 e. The summed E-state index contributed by atoms with van der Waals surface area (Å²) in [5, 5.41) is 0.517. The largest absolute Gasteiger partial charge is 0.396 e. The summed E-state index contributed by atoms with van der Waals surface area (Å²) in [6, 6.07) is 20.1. The standard InChI is InChI=1S/C22H17BrN2O3S/c1-14-6-12-17(13-7-14)29(27,28)25-19-5-3-2-4-18(19)20(24)21(25)22(26)15-8-10-16(23)11-9-15/h2-13H,24H2,1H3. The van der Waals surface area contributed by atoms with Gasteiger partial charge in [0.25, 0.3) is 10.0 Å². The molecule has 4 aromatic rings. The van der Waals surface area contributed by atoms with E-state index in [9.17, 15) is 13.2 Å². The van der Waals surface area contributed by atoms with E-state index >= 15 is 0 Å². The first-order valence-electron chi connectivity index (χ1n) is 8.82. The molecule has 0 amide bonds. The van der Waals surface area contributed by atoms with Crippen molar-refractivity contribution in [1.29, 1.82) is 0 Å². The van der Waals surface area contributed by atoms with Gasteiger partial charge in [0.05, 0.1) is 16.1 Å². The predicted molar refractivity (Wildman–Crippen MR) is 118 cm³/mol. The Kier molecular flexibility index (Phi) is 4.80. The van der Waals surface area contributed by atoms with Crippen LogP contribution in [0.2, 0.25) is 0 Å². The van der Waals surface area contributed by atoms with Crippen LogP contribution in [-0.4, -0.2) is 18.2 Å². The third-order valence-corrected chi connectivity index (χ3v) is 7.01. The van der Waals surface area contributed by atoms with E-state index in [0.29, 0.717) is 16.5 Å². The molecule has 0 saturated carbocycles. The minimum Gasteiger partial charge on any atom is -0.396 e. The summed E-state index contributed by atoms with van der Waals surface area (Å²) in [5.74, 6) is -0.457. The molecule has 4 rings (SSSR count). The van der Waals surface area contributed by atoms with Gasteiger partial charge in [-0.2, -0.15) is 0 Å². The van der Waals surface area contributed by atoms with Crippen molar-refractivity contribution >= 4 is 48.3 Å². The van der Waals surface area contributed by atoms with Crippen LogP contribution >= 0.6 is 15.9 Å². The van der Waals surface area contributed by atoms with Crippen molar-refractivity contribution < 1.29 is 13.2 Å². The average Bonchev–Trinajstić information content (AvgIpc) is 3.02. The predicted octanol–water partition coefficient (Wildman–Crippen LogP) is 4.76. The molecular weight excluding hydrogens is 452 g/mol. The van der Waals surface area contributed by atoms with E-state index in [1.165, 1.54) is 12.1 Å². The highest BCUT2D eigenvalue weighted by Gasteiger charge is 2.30. The number of nitrogens with two attached hydrogens (primary N) is 1. The van der Waals surface area contributed by atoms with Gasteiger partial charge in [-0.15, -0.1) is 0 Å². The molecule has 2 N–H and O–H groups in total. The number of anilines is 1. The Balaban J connectivity index is 2.03. The maximum absolute atomic E-state index is 13.5. The van der Waals surface area contributed by atoms with E-state index < -0.39 is 15.8 Å². The van der Waals surface area contributed by atoms with Crippen LogP contribution in [0, 0.1) is 6.92 Å². The molecule has 0 saturated heterocycles. The van der Waals surface area contributed by atoms with Crippen molar-refractivity contribution in [2.75, 3.05) is 5.73 Å². The Morgan fingerprint density at radius 1 is 0.931 bits per heavy atom. The van der Waals surface area contributed by atoms with Crippen LogP contribution in [0.4, 0.5) is 5.69 Å². The highest BCUT2D eigenvalue weighted by molar-refractivity contribution is 9.10. The van der Waals surface area contributed by atoms with Gasteiger partial charge in [0.2, 0.25) is 5.78 Å². The topological polar surface area (TPSA) is 82.2 Å². The van der Waals surface area contributed by atoms with Gasteiger partial charge < -0.3 is 5.73 Å². The quantitative estimate of drug-likeness (QED) is 0.437. The smallest absolute Gasteiger partial charge is 0.268 e. The monoisotopic (exact) mass is 468 g/mol. The van der Waals surface area contributed by atoms with E-state index in [-0.39, 0.29) is 16.3 Å². The molecule has 3 aromatic carbocycles. The Morgan fingerprint density at radius 3 is 2.21 bits per heavy atom. The minimum absolute atomic E-state index is 0.0610. The highest BCUT2D eigenvalue weighted by atomic mass is 79.9. The second kappa shape index (κ2) is 7.17. The molecule has 1 aromatic heterocycles. The van der Waals surface area contributed by atoms with E-state index in [1.807, 2.05) is 6.92 Å². The first kappa shape index (κ1) is 19.4. The maximum atomic E-state index is 13.5. The number of aromatic nitrogens is 1. The Morgan fingerprint density at radius 2 is 1.55 bits per heavy atom. The van der Waals surface area contributed by atoms with Crippen molar-refractivity contribution in [3.63, 3.8) is 0 Å². The zero-order valence-electron chi connectivity index (χ0n) is 15.5. The molecule has 0 unspecified atom stereocenters. The number of hydrogen-bond donors (Lipinski definition) is 1. The van der Waals surface area contributed by atoms with E-state index in [4.69, 9.17) is 5.73 Å². The summed E-state index contributed by atoms with van der Waals surface area (Å²) in [7, 11) is -4.05. The van der Waals surface area contributed by atoms with Gasteiger partial charge in [-0.25, -0.2) is 12.4 Å². The molecule has 146 valence electrons.